The molecule has 6 heteroatoms. The molecule has 0 unspecified atom stereocenters. The Morgan fingerprint density at radius 1 is 1.32 bits per heavy atom. The summed E-state index contributed by atoms with van der Waals surface area (Å²) in [7, 11) is 0. The van der Waals surface area contributed by atoms with Gasteiger partial charge >= 0.3 is 0 Å². The summed E-state index contributed by atoms with van der Waals surface area (Å²) < 4.78 is 0. The highest BCUT2D eigenvalue weighted by atomic mass is 35.5. The number of nitrogens with one attached hydrogen (secondary N) is 1. The minimum Gasteiger partial charge on any atom is -0.352 e. The van der Waals surface area contributed by atoms with Gasteiger partial charge in [-0.25, -0.2) is 0 Å². The Morgan fingerprint density at radius 3 is 2.86 bits per heavy atom. The van der Waals surface area contributed by atoms with Gasteiger partial charge in [-0.05, 0) is 17.5 Å². The average molecular weight is 335 g/mol. The summed E-state index contributed by atoms with van der Waals surface area (Å²) in [5.41, 5.74) is 0.667. The maximum Gasteiger partial charge on any atom is 0.247 e. The summed E-state index contributed by atoms with van der Waals surface area (Å²) in [6.07, 6.45) is 0.311. The van der Waals surface area contributed by atoms with E-state index >= 15 is 0 Å². The van der Waals surface area contributed by atoms with Crippen molar-refractivity contribution >= 4 is 34.8 Å². The third-order valence-electron chi connectivity index (χ3n) is 3.64. The summed E-state index contributed by atoms with van der Waals surface area (Å²) in [6, 6.07) is 10.4. The van der Waals surface area contributed by atoms with Crippen LogP contribution in [0.1, 0.15) is 16.5 Å². The van der Waals surface area contributed by atoms with Crippen molar-refractivity contribution in [2.24, 2.45) is 0 Å². The highest BCUT2D eigenvalue weighted by Crippen LogP contribution is 2.30. The fraction of sp³-hybridized carbons (Fsp3) is 0.250. The van der Waals surface area contributed by atoms with E-state index in [-0.39, 0.29) is 11.8 Å². The molecule has 22 heavy (non-hydrogen) atoms. The first kappa shape index (κ1) is 15.1. The number of carbonyl (C=O) groups is 2. The largest absolute Gasteiger partial charge is 0.352 e. The van der Waals surface area contributed by atoms with Crippen molar-refractivity contribution in [1.82, 2.24) is 10.2 Å². The average Bonchev–Trinajstić information content (AvgIpc) is 3.01. The van der Waals surface area contributed by atoms with Crippen molar-refractivity contribution in [2.45, 2.75) is 12.5 Å². The van der Waals surface area contributed by atoms with E-state index in [1.165, 1.54) is 0 Å². The molecule has 1 aliphatic rings. The predicted octanol–water partition coefficient (Wildman–Crippen LogP) is 2.64. The summed E-state index contributed by atoms with van der Waals surface area (Å²) in [4.78, 5) is 27.5. The summed E-state index contributed by atoms with van der Waals surface area (Å²) >= 11 is 7.76. The first-order chi connectivity index (χ1) is 10.7. The van der Waals surface area contributed by atoms with Crippen LogP contribution in [0.25, 0.3) is 0 Å². The van der Waals surface area contributed by atoms with Gasteiger partial charge < -0.3 is 10.2 Å². The number of thiophene rings is 1. The zero-order chi connectivity index (χ0) is 15.5. The van der Waals surface area contributed by atoms with Crippen LogP contribution in [-0.4, -0.2) is 29.8 Å². The van der Waals surface area contributed by atoms with Crippen LogP contribution in [0.4, 0.5) is 0 Å². The fourth-order valence-electron chi connectivity index (χ4n) is 2.61. The van der Waals surface area contributed by atoms with Gasteiger partial charge in [-0.3, -0.25) is 9.59 Å². The molecule has 2 amide bonds. The second-order valence-corrected chi connectivity index (χ2v) is 6.50. The van der Waals surface area contributed by atoms with Crippen LogP contribution in [0.2, 0.25) is 5.02 Å². The molecular weight excluding hydrogens is 320 g/mol. The van der Waals surface area contributed by atoms with Crippen LogP contribution in [-0.2, 0) is 16.0 Å². The van der Waals surface area contributed by atoms with E-state index in [1.54, 1.807) is 28.4 Å². The van der Waals surface area contributed by atoms with E-state index < -0.39 is 6.04 Å². The third kappa shape index (κ3) is 3.00. The van der Waals surface area contributed by atoms with Crippen molar-refractivity contribution < 1.29 is 9.59 Å². The van der Waals surface area contributed by atoms with Gasteiger partial charge in [0.2, 0.25) is 11.8 Å². The first-order valence-electron chi connectivity index (χ1n) is 7.01. The molecule has 4 nitrogen and oxygen atoms in total. The number of carbonyl (C=O) groups excluding carboxylic acids is 2. The Hall–Kier alpha value is -1.85. The summed E-state index contributed by atoms with van der Waals surface area (Å²) in [5, 5.41) is 5.25. The molecule has 0 spiro atoms. The SMILES string of the molecule is O=C1NCCN(C(=O)Cc2cccs2)[C@H]1c1ccccc1Cl. The molecule has 0 bridgehead atoms. The molecular formula is C16H15ClN2O2S. The molecule has 1 atom stereocenters. The molecule has 0 radical (unpaired) electrons. The van der Waals surface area contributed by atoms with Crippen molar-refractivity contribution in [2.75, 3.05) is 13.1 Å². The van der Waals surface area contributed by atoms with Crippen LogP contribution in [0.15, 0.2) is 41.8 Å². The van der Waals surface area contributed by atoms with Crippen LogP contribution in [0.3, 0.4) is 0 Å². The van der Waals surface area contributed by atoms with Gasteiger partial charge in [0.25, 0.3) is 0 Å². The molecule has 114 valence electrons. The number of hydrogen-bond donors (Lipinski definition) is 1. The quantitative estimate of drug-likeness (QED) is 0.938. The van der Waals surface area contributed by atoms with E-state index in [4.69, 9.17) is 11.6 Å². The molecule has 1 fully saturated rings. The number of rotatable bonds is 3. The Labute approximate surface area is 137 Å². The zero-order valence-corrected chi connectivity index (χ0v) is 13.4. The van der Waals surface area contributed by atoms with Crippen LogP contribution in [0, 0.1) is 0 Å². The monoisotopic (exact) mass is 334 g/mol. The maximum absolute atomic E-state index is 12.6. The molecule has 3 rings (SSSR count). The smallest absolute Gasteiger partial charge is 0.247 e. The topological polar surface area (TPSA) is 49.4 Å². The van der Waals surface area contributed by atoms with Gasteiger partial charge in [-0.2, -0.15) is 0 Å². The number of benzene rings is 1. The maximum atomic E-state index is 12.6. The molecule has 0 saturated carbocycles. The zero-order valence-electron chi connectivity index (χ0n) is 11.8. The summed E-state index contributed by atoms with van der Waals surface area (Å²) in [5.74, 6) is -0.235. The standard InChI is InChI=1S/C16H15ClN2O2S/c17-13-6-2-1-5-12(13)15-16(21)18-7-8-19(15)14(20)10-11-4-3-9-22-11/h1-6,9,15H,7-8,10H2,(H,18,21)/t15-/m0/s1. The molecule has 1 saturated heterocycles. The minimum absolute atomic E-state index is 0.0535. The van der Waals surface area contributed by atoms with Gasteiger partial charge in [0.05, 0.1) is 6.42 Å². The number of nitrogens with zero attached hydrogens (tertiary/aromatic N) is 1. The lowest BCUT2D eigenvalue weighted by Crippen LogP contribution is -2.52. The van der Waals surface area contributed by atoms with Gasteiger partial charge in [0.1, 0.15) is 6.04 Å². The highest BCUT2D eigenvalue weighted by molar-refractivity contribution is 7.10. The molecule has 2 heterocycles. The molecule has 0 aliphatic carbocycles. The molecule has 1 aromatic heterocycles. The number of piperazine rings is 1. The van der Waals surface area contributed by atoms with Crippen LogP contribution >= 0.6 is 22.9 Å². The lowest BCUT2D eigenvalue weighted by atomic mass is 10.0. The Kier molecular flexibility index (Phi) is 4.45. The Bertz CT molecular complexity index is 687. The van der Waals surface area contributed by atoms with Crippen molar-refractivity contribution in [3.8, 4) is 0 Å². The first-order valence-corrected chi connectivity index (χ1v) is 8.26. The van der Waals surface area contributed by atoms with Gasteiger partial charge in [-0.15, -0.1) is 11.3 Å². The van der Waals surface area contributed by atoms with E-state index in [1.807, 2.05) is 29.6 Å². The van der Waals surface area contributed by atoms with Crippen molar-refractivity contribution in [3.05, 3.63) is 57.2 Å². The Morgan fingerprint density at radius 2 is 2.14 bits per heavy atom. The number of amides is 2. The fourth-order valence-corrected chi connectivity index (χ4v) is 3.54. The van der Waals surface area contributed by atoms with Crippen molar-refractivity contribution in [3.63, 3.8) is 0 Å². The van der Waals surface area contributed by atoms with E-state index in [0.29, 0.717) is 30.1 Å². The molecule has 1 N–H and O–H groups in total. The highest BCUT2D eigenvalue weighted by Gasteiger charge is 2.35. The van der Waals surface area contributed by atoms with Gasteiger partial charge in [-0.1, -0.05) is 35.9 Å². The normalized spacial score (nSPS) is 18.1. The van der Waals surface area contributed by atoms with Crippen LogP contribution in [0.5, 0.6) is 0 Å². The minimum atomic E-state index is -0.657. The number of hydrogen-bond acceptors (Lipinski definition) is 3. The molecule has 2 aromatic rings. The second kappa shape index (κ2) is 6.50. The van der Waals surface area contributed by atoms with Crippen molar-refractivity contribution in [1.29, 1.82) is 0 Å². The molecule has 1 aromatic carbocycles. The second-order valence-electron chi connectivity index (χ2n) is 5.06. The van der Waals surface area contributed by atoms with E-state index in [2.05, 4.69) is 5.32 Å². The van der Waals surface area contributed by atoms with Gasteiger partial charge in [0.15, 0.2) is 0 Å². The van der Waals surface area contributed by atoms with Crippen LogP contribution < -0.4 is 5.32 Å². The van der Waals surface area contributed by atoms with Gasteiger partial charge in [0, 0.05) is 28.6 Å². The molecule has 1 aliphatic heterocycles. The van der Waals surface area contributed by atoms with E-state index in [0.717, 1.165) is 4.88 Å². The lowest BCUT2D eigenvalue weighted by molar-refractivity contribution is -0.143. The van der Waals surface area contributed by atoms with E-state index in [9.17, 15) is 9.59 Å². The lowest BCUT2D eigenvalue weighted by Gasteiger charge is -2.35. The number of halogens is 1. The predicted molar refractivity (Wildman–Crippen MR) is 86.9 cm³/mol. The summed E-state index contributed by atoms with van der Waals surface area (Å²) in [6.45, 7) is 0.960. The third-order valence-corrected chi connectivity index (χ3v) is 4.86. The Balaban J connectivity index is 1.88.